The van der Waals surface area contributed by atoms with Gasteiger partial charge < -0.3 is 20.5 Å². The number of sulfonamides is 1. The van der Waals surface area contributed by atoms with Crippen molar-refractivity contribution in [3.8, 4) is 16.9 Å². The number of hydrogen-bond acceptors (Lipinski definition) is 5. The van der Waals surface area contributed by atoms with E-state index in [4.69, 9.17) is 4.74 Å². The van der Waals surface area contributed by atoms with E-state index in [9.17, 15) is 18.3 Å². The normalized spacial score (nSPS) is 19.4. The van der Waals surface area contributed by atoms with E-state index in [-0.39, 0.29) is 11.5 Å². The Morgan fingerprint density at radius 1 is 1.06 bits per heavy atom. The first-order valence-corrected chi connectivity index (χ1v) is 14.2. The number of methoxy groups -OCH3 is 1. The van der Waals surface area contributed by atoms with Crippen LogP contribution in [0.15, 0.2) is 42.5 Å². The van der Waals surface area contributed by atoms with Crippen molar-refractivity contribution >= 4 is 21.8 Å². The standard InChI is InChI=1S/C27H39N3O5S/c1-27(2,3)25(29-26(31)32)19-8-11-22(12-9-19)28-17-21-16-20(10-15-24(21)35-4)18-6-13-23(14-7-18)30-36(5,33)34/h6-7,10,13-16,19,22,25,28-30H,8-9,11-12,17H2,1-5H3,(H,31,32). The summed E-state index contributed by atoms with van der Waals surface area (Å²) in [5.41, 5.74) is 3.46. The Kier molecular flexibility index (Phi) is 8.89. The Morgan fingerprint density at radius 3 is 2.19 bits per heavy atom. The van der Waals surface area contributed by atoms with Crippen LogP contribution in [0.2, 0.25) is 0 Å². The van der Waals surface area contributed by atoms with Crippen molar-refractivity contribution in [2.75, 3.05) is 18.1 Å². The molecule has 1 amide bonds. The maximum Gasteiger partial charge on any atom is 0.404 e. The van der Waals surface area contributed by atoms with Gasteiger partial charge in [-0.2, -0.15) is 0 Å². The predicted octanol–water partition coefficient (Wildman–Crippen LogP) is 5.06. The maximum atomic E-state index is 11.5. The molecule has 36 heavy (non-hydrogen) atoms. The van der Waals surface area contributed by atoms with Gasteiger partial charge in [0.15, 0.2) is 0 Å². The smallest absolute Gasteiger partial charge is 0.404 e. The van der Waals surface area contributed by atoms with Gasteiger partial charge in [-0.15, -0.1) is 0 Å². The number of benzene rings is 2. The van der Waals surface area contributed by atoms with Crippen LogP contribution in [-0.2, 0) is 16.6 Å². The van der Waals surface area contributed by atoms with Crippen molar-refractivity contribution in [2.24, 2.45) is 11.3 Å². The summed E-state index contributed by atoms with van der Waals surface area (Å²) in [5, 5.41) is 15.7. The van der Waals surface area contributed by atoms with Crippen LogP contribution in [0, 0.1) is 11.3 Å². The minimum atomic E-state index is -3.31. The first kappa shape index (κ1) is 27.8. The molecule has 1 aliphatic carbocycles. The third-order valence-corrected chi connectivity index (χ3v) is 7.44. The Hall–Kier alpha value is -2.78. The Labute approximate surface area is 214 Å². The predicted molar refractivity (Wildman–Crippen MR) is 144 cm³/mol. The number of anilines is 1. The van der Waals surface area contributed by atoms with Gasteiger partial charge in [0.1, 0.15) is 5.75 Å². The van der Waals surface area contributed by atoms with Crippen LogP contribution in [0.3, 0.4) is 0 Å². The summed E-state index contributed by atoms with van der Waals surface area (Å²) < 4.78 is 31.0. The van der Waals surface area contributed by atoms with Crippen LogP contribution in [-0.4, -0.2) is 45.1 Å². The summed E-state index contributed by atoms with van der Waals surface area (Å²) in [7, 11) is -1.65. The van der Waals surface area contributed by atoms with E-state index in [0.717, 1.165) is 54.4 Å². The summed E-state index contributed by atoms with van der Waals surface area (Å²) in [6.07, 6.45) is 4.12. The largest absolute Gasteiger partial charge is 0.496 e. The monoisotopic (exact) mass is 517 g/mol. The van der Waals surface area contributed by atoms with Crippen LogP contribution < -0.4 is 20.1 Å². The average molecular weight is 518 g/mol. The average Bonchev–Trinajstić information content (AvgIpc) is 2.80. The van der Waals surface area contributed by atoms with Gasteiger partial charge in [-0.25, -0.2) is 13.2 Å². The molecular formula is C27H39N3O5S. The zero-order valence-corrected chi connectivity index (χ0v) is 22.6. The molecule has 0 aliphatic heterocycles. The molecule has 0 spiro atoms. The SMILES string of the molecule is COc1ccc(-c2ccc(NS(C)(=O)=O)cc2)cc1CNC1CCC(C(NC(=O)O)C(C)(C)C)CC1. The highest BCUT2D eigenvalue weighted by molar-refractivity contribution is 7.92. The number of carboxylic acid groups (broad SMARTS) is 1. The first-order valence-electron chi connectivity index (χ1n) is 12.3. The maximum absolute atomic E-state index is 11.5. The number of ether oxygens (including phenoxy) is 1. The summed E-state index contributed by atoms with van der Waals surface area (Å²) >= 11 is 0. The lowest BCUT2D eigenvalue weighted by Gasteiger charge is -2.40. The van der Waals surface area contributed by atoms with E-state index >= 15 is 0 Å². The lowest BCUT2D eigenvalue weighted by molar-refractivity contribution is 0.129. The van der Waals surface area contributed by atoms with E-state index in [0.29, 0.717) is 24.2 Å². The lowest BCUT2D eigenvalue weighted by atomic mass is 9.72. The number of carbonyl (C=O) groups is 1. The lowest BCUT2D eigenvalue weighted by Crippen LogP contribution is -2.50. The molecule has 4 N–H and O–H groups in total. The zero-order valence-electron chi connectivity index (χ0n) is 21.8. The van der Waals surface area contributed by atoms with Crippen LogP contribution >= 0.6 is 0 Å². The fraction of sp³-hybridized carbons (Fsp3) is 0.519. The molecule has 1 aliphatic rings. The summed E-state index contributed by atoms with van der Waals surface area (Å²) in [6.45, 7) is 6.93. The molecule has 198 valence electrons. The van der Waals surface area contributed by atoms with Crippen LogP contribution in [0.25, 0.3) is 11.1 Å². The van der Waals surface area contributed by atoms with Gasteiger partial charge in [-0.1, -0.05) is 39.0 Å². The highest BCUT2D eigenvalue weighted by atomic mass is 32.2. The number of amides is 1. The van der Waals surface area contributed by atoms with Crippen LogP contribution in [0.5, 0.6) is 5.75 Å². The first-order chi connectivity index (χ1) is 16.9. The van der Waals surface area contributed by atoms with Gasteiger partial charge >= 0.3 is 6.09 Å². The number of hydrogen-bond donors (Lipinski definition) is 4. The third-order valence-electron chi connectivity index (χ3n) is 6.84. The summed E-state index contributed by atoms with van der Waals surface area (Å²) in [5.74, 6) is 1.14. The van der Waals surface area contributed by atoms with Crippen molar-refractivity contribution in [3.63, 3.8) is 0 Å². The minimum absolute atomic E-state index is 0.0632. The second-order valence-electron chi connectivity index (χ2n) is 10.8. The van der Waals surface area contributed by atoms with Crippen LogP contribution in [0.1, 0.15) is 52.0 Å². The van der Waals surface area contributed by atoms with Crippen molar-refractivity contribution < 1.29 is 23.1 Å². The number of nitrogens with one attached hydrogen (secondary N) is 3. The molecule has 0 saturated heterocycles. The number of rotatable bonds is 9. The molecule has 1 saturated carbocycles. The summed E-state index contributed by atoms with van der Waals surface area (Å²) in [4.78, 5) is 11.3. The van der Waals surface area contributed by atoms with Crippen molar-refractivity contribution in [2.45, 2.75) is 65.1 Å². The molecule has 2 aromatic rings. The Morgan fingerprint density at radius 2 is 1.67 bits per heavy atom. The molecule has 0 radical (unpaired) electrons. The van der Waals surface area contributed by atoms with Gasteiger partial charge in [0.2, 0.25) is 10.0 Å². The third kappa shape index (κ3) is 7.86. The molecule has 1 fully saturated rings. The quantitative estimate of drug-likeness (QED) is 0.369. The minimum Gasteiger partial charge on any atom is -0.496 e. The second-order valence-corrected chi connectivity index (χ2v) is 12.5. The van der Waals surface area contributed by atoms with Crippen molar-refractivity contribution in [1.82, 2.24) is 10.6 Å². The molecule has 1 unspecified atom stereocenters. The topological polar surface area (TPSA) is 117 Å². The van der Waals surface area contributed by atoms with Crippen LogP contribution in [0.4, 0.5) is 10.5 Å². The molecule has 8 nitrogen and oxygen atoms in total. The van der Waals surface area contributed by atoms with Crippen molar-refractivity contribution in [1.29, 1.82) is 0 Å². The van der Waals surface area contributed by atoms with Gasteiger partial charge in [0, 0.05) is 29.9 Å². The second kappa shape index (κ2) is 11.5. The van der Waals surface area contributed by atoms with E-state index < -0.39 is 16.1 Å². The molecule has 2 aromatic carbocycles. The molecular weight excluding hydrogens is 478 g/mol. The molecule has 0 aromatic heterocycles. The fourth-order valence-corrected chi connectivity index (χ4v) is 5.69. The van der Waals surface area contributed by atoms with E-state index in [1.165, 1.54) is 0 Å². The van der Waals surface area contributed by atoms with Crippen molar-refractivity contribution in [3.05, 3.63) is 48.0 Å². The van der Waals surface area contributed by atoms with Gasteiger partial charge in [0.05, 0.1) is 13.4 Å². The molecule has 0 heterocycles. The Balaban J connectivity index is 1.64. The fourth-order valence-electron chi connectivity index (χ4n) is 5.13. The van der Waals surface area contributed by atoms with E-state index in [1.807, 2.05) is 24.3 Å². The van der Waals surface area contributed by atoms with Gasteiger partial charge in [-0.05, 0) is 72.4 Å². The molecule has 9 heteroatoms. The molecule has 3 rings (SSSR count). The van der Waals surface area contributed by atoms with Gasteiger partial charge in [0.25, 0.3) is 0 Å². The Bertz CT molecular complexity index is 1130. The molecule has 0 bridgehead atoms. The highest BCUT2D eigenvalue weighted by Crippen LogP contribution is 2.35. The van der Waals surface area contributed by atoms with E-state index in [2.05, 4.69) is 42.2 Å². The summed E-state index contributed by atoms with van der Waals surface area (Å²) in [6, 6.07) is 13.6. The highest BCUT2D eigenvalue weighted by Gasteiger charge is 2.35. The van der Waals surface area contributed by atoms with Gasteiger partial charge in [-0.3, -0.25) is 4.72 Å². The molecule has 1 atom stereocenters. The zero-order chi connectivity index (χ0) is 26.5. The van der Waals surface area contributed by atoms with E-state index in [1.54, 1.807) is 19.2 Å².